The Morgan fingerprint density at radius 2 is 2.42 bits per heavy atom. The standard InChI is InChI=1S/C9H18N2O/c1-8(5-7-12)11-9-4-2-3-6-10-9/h8,12H,2-7H2,1H3,(H,10,11). The first-order valence-electron chi connectivity index (χ1n) is 4.73. The normalized spacial score (nSPS) is 20.0. The fourth-order valence-corrected chi connectivity index (χ4v) is 1.37. The van der Waals surface area contributed by atoms with Gasteiger partial charge in [-0.3, -0.25) is 4.99 Å². The molecule has 0 aromatic rings. The van der Waals surface area contributed by atoms with Crippen molar-refractivity contribution in [3.05, 3.63) is 0 Å². The summed E-state index contributed by atoms with van der Waals surface area (Å²) >= 11 is 0. The van der Waals surface area contributed by atoms with E-state index in [0.717, 1.165) is 25.2 Å². The van der Waals surface area contributed by atoms with Gasteiger partial charge in [-0.25, -0.2) is 0 Å². The van der Waals surface area contributed by atoms with Gasteiger partial charge in [0.2, 0.25) is 0 Å². The first-order valence-corrected chi connectivity index (χ1v) is 4.73. The van der Waals surface area contributed by atoms with Crippen molar-refractivity contribution in [2.75, 3.05) is 13.2 Å². The van der Waals surface area contributed by atoms with E-state index in [1.165, 1.54) is 12.8 Å². The van der Waals surface area contributed by atoms with Gasteiger partial charge >= 0.3 is 0 Å². The minimum atomic E-state index is 0.251. The van der Waals surface area contributed by atoms with Gasteiger partial charge in [0.05, 0.1) is 5.84 Å². The van der Waals surface area contributed by atoms with E-state index in [9.17, 15) is 0 Å². The molecule has 0 aromatic heterocycles. The number of rotatable bonds is 3. The molecule has 3 nitrogen and oxygen atoms in total. The molecule has 12 heavy (non-hydrogen) atoms. The van der Waals surface area contributed by atoms with Crippen molar-refractivity contribution in [2.45, 2.75) is 38.6 Å². The summed E-state index contributed by atoms with van der Waals surface area (Å²) in [6.45, 7) is 3.29. The van der Waals surface area contributed by atoms with E-state index in [1.807, 2.05) is 0 Å². The molecular formula is C9H18N2O. The molecule has 0 radical (unpaired) electrons. The zero-order chi connectivity index (χ0) is 8.81. The summed E-state index contributed by atoms with van der Waals surface area (Å²) in [5.74, 6) is 1.13. The molecule has 0 saturated carbocycles. The maximum Gasteiger partial charge on any atom is 0.0965 e. The molecule has 0 saturated heterocycles. The maximum atomic E-state index is 8.69. The minimum absolute atomic E-state index is 0.251. The van der Waals surface area contributed by atoms with Crippen LogP contribution in [0.15, 0.2) is 4.99 Å². The average Bonchev–Trinajstić information content (AvgIpc) is 2.06. The van der Waals surface area contributed by atoms with E-state index in [4.69, 9.17) is 5.11 Å². The number of nitrogens with zero attached hydrogens (tertiary/aromatic N) is 1. The molecule has 3 heteroatoms. The third-order valence-electron chi connectivity index (χ3n) is 2.10. The molecule has 0 fully saturated rings. The Bertz CT molecular complexity index is 157. The zero-order valence-corrected chi connectivity index (χ0v) is 7.71. The van der Waals surface area contributed by atoms with Crippen LogP contribution < -0.4 is 5.32 Å². The summed E-state index contributed by atoms with van der Waals surface area (Å²) in [5, 5.41) is 12.0. The van der Waals surface area contributed by atoms with Crippen molar-refractivity contribution >= 4 is 5.84 Å². The molecule has 0 amide bonds. The first-order chi connectivity index (χ1) is 5.83. The second-order valence-electron chi connectivity index (χ2n) is 3.34. The minimum Gasteiger partial charge on any atom is -0.396 e. The number of hydrogen-bond acceptors (Lipinski definition) is 3. The third kappa shape index (κ3) is 3.22. The lowest BCUT2D eigenvalue weighted by molar-refractivity contribution is 0.274. The van der Waals surface area contributed by atoms with Crippen LogP contribution in [0.2, 0.25) is 0 Å². The Labute approximate surface area is 73.9 Å². The lowest BCUT2D eigenvalue weighted by Crippen LogP contribution is -2.34. The van der Waals surface area contributed by atoms with Crippen LogP contribution >= 0.6 is 0 Å². The lowest BCUT2D eigenvalue weighted by atomic mass is 10.1. The van der Waals surface area contributed by atoms with Crippen molar-refractivity contribution in [1.29, 1.82) is 0 Å². The summed E-state index contributed by atoms with van der Waals surface area (Å²) in [6, 6.07) is 0.354. The first kappa shape index (κ1) is 9.52. The van der Waals surface area contributed by atoms with Crippen molar-refractivity contribution in [3.63, 3.8) is 0 Å². The number of hydrogen-bond donors (Lipinski definition) is 2. The quantitative estimate of drug-likeness (QED) is 0.661. The Hall–Kier alpha value is -0.570. The molecule has 2 N–H and O–H groups in total. The van der Waals surface area contributed by atoms with Crippen LogP contribution in [-0.2, 0) is 0 Å². The van der Waals surface area contributed by atoms with E-state index in [2.05, 4.69) is 17.2 Å². The molecule has 0 aliphatic carbocycles. The highest BCUT2D eigenvalue weighted by Gasteiger charge is 2.07. The highest BCUT2D eigenvalue weighted by molar-refractivity contribution is 5.82. The van der Waals surface area contributed by atoms with Crippen LogP contribution in [0.25, 0.3) is 0 Å². The number of amidine groups is 1. The predicted octanol–water partition coefficient (Wildman–Crippen LogP) is 0.929. The van der Waals surface area contributed by atoms with Crippen LogP contribution in [0.1, 0.15) is 32.6 Å². The summed E-state index contributed by atoms with van der Waals surface area (Å²) in [7, 11) is 0. The van der Waals surface area contributed by atoms with Crippen molar-refractivity contribution in [2.24, 2.45) is 4.99 Å². The third-order valence-corrected chi connectivity index (χ3v) is 2.10. The molecule has 1 aliphatic rings. The average molecular weight is 170 g/mol. The summed E-state index contributed by atoms with van der Waals surface area (Å²) in [6.07, 6.45) is 4.35. The van der Waals surface area contributed by atoms with Crippen LogP contribution in [0.5, 0.6) is 0 Å². The monoisotopic (exact) mass is 170 g/mol. The predicted molar refractivity (Wildman–Crippen MR) is 50.5 cm³/mol. The van der Waals surface area contributed by atoms with Crippen molar-refractivity contribution < 1.29 is 5.11 Å². The van der Waals surface area contributed by atoms with Crippen LogP contribution in [-0.4, -0.2) is 30.1 Å². The fraction of sp³-hybridized carbons (Fsp3) is 0.889. The summed E-state index contributed by atoms with van der Waals surface area (Å²) < 4.78 is 0. The number of nitrogens with one attached hydrogen (secondary N) is 1. The second kappa shape index (κ2) is 5.14. The van der Waals surface area contributed by atoms with Gasteiger partial charge in [-0.05, 0) is 26.2 Å². The molecule has 1 unspecified atom stereocenters. The van der Waals surface area contributed by atoms with Crippen LogP contribution in [0.4, 0.5) is 0 Å². The summed E-state index contributed by atoms with van der Waals surface area (Å²) in [4.78, 5) is 4.38. The van der Waals surface area contributed by atoms with E-state index in [1.54, 1.807) is 0 Å². The van der Waals surface area contributed by atoms with E-state index >= 15 is 0 Å². The van der Waals surface area contributed by atoms with Crippen molar-refractivity contribution in [3.8, 4) is 0 Å². The van der Waals surface area contributed by atoms with E-state index in [0.29, 0.717) is 6.04 Å². The Balaban J connectivity index is 2.24. The molecule has 0 aromatic carbocycles. The maximum absolute atomic E-state index is 8.69. The van der Waals surface area contributed by atoms with E-state index in [-0.39, 0.29) is 6.61 Å². The Morgan fingerprint density at radius 3 is 3.00 bits per heavy atom. The molecule has 1 aliphatic heterocycles. The number of aliphatic hydroxyl groups excluding tert-OH is 1. The lowest BCUT2D eigenvalue weighted by Gasteiger charge is -2.18. The van der Waals surface area contributed by atoms with Gasteiger partial charge in [-0.15, -0.1) is 0 Å². The molecule has 0 bridgehead atoms. The fourth-order valence-electron chi connectivity index (χ4n) is 1.37. The number of aliphatic imine (C=N–C) groups is 1. The zero-order valence-electron chi connectivity index (χ0n) is 7.71. The van der Waals surface area contributed by atoms with Gasteiger partial charge in [0.1, 0.15) is 0 Å². The van der Waals surface area contributed by atoms with Crippen LogP contribution in [0, 0.1) is 0 Å². The van der Waals surface area contributed by atoms with Crippen LogP contribution in [0.3, 0.4) is 0 Å². The SMILES string of the molecule is CC(CCO)NC1=NCCCC1. The Morgan fingerprint density at radius 1 is 1.58 bits per heavy atom. The largest absolute Gasteiger partial charge is 0.396 e. The molecule has 1 atom stereocenters. The second-order valence-corrected chi connectivity index (χ2v) is 3.34. The van der Waals surface area contributed by atoms with Gasteiger partial charge in [-0.2, -0.15) is 0 Å². The number of aliphatic hydroxyl groups is 1. The summed E-state index contributed by atoms with van der Waals surface area (Å²) in [5.41, 5.74) is 0. The smallest absolute Gasteiger partial charge is 0.0965 e. The molecule has 70 valence electrons. The topological polar surface area (TPSA) is 44.6 Å². The Kier molecular flexibility index (Phi) is 4.08. The van der Waals surface area contributed by atoms with Gasteiger partial charge < -0.3 is 10.4 Å². The van der Waals surface area contributed by atoms with Gasteiger partial charge in [0.25, 0.3) is 0 Å². The van der Waals surface area contributed by atoms with Crippen molar-refractivity contribution in [1.82, 2.24) is 5.32 Å². The molecule has 0 spiro atoms. The van der Waals surface area contributed by atoms with E-state index < -0.39 is 0 Å². The highest BCUT2D eigenvalue weighted by atomic mass is 16.3. The molecular weight excluding hydrogens is 152 g/mol. The molecule has 1 rings (SSSR count). The molecule has 1 heterocycles. The van der Waals surface area contributed by atoms with Gasteiger partial charge in [0, 0.05) is 25.6 Å². The van der Waals surface area contributed by atoms with Gasteiger partial charge in [-0.1, -0.05) is 0 Å². The van der Waals surface area contributed by atoms with Gasteiger partial charge in [0.15, 0.2) is 0 Å². The highest BCUT2D eigenvalue weighted by Crippen LogP contribution is 2.04.